The Hall–Kier alpha value is -3.26. The molecular weight excluding hydrogens is 334 g/mol. The summed E-state index contributed by atoms with van der Waals surface area (Å²) in [6.45, 7) is 1.24. The summed E-state index contributed by atoms with van der Waals surface area (Å²) >= 11 is 0. The first-order valence-electron chi connectivity index (χ1n) is 8.26. The fourth-order valence-corrected chi connectivity index (χ4v) is 2.69. The maximum atomic E-state index is 12.4. The third kappa shape index (κ3) is 3.55. The number of carbonyl (C=O) groups is 1. The molecule has 26 heavy (non-hydrogen) atoms. The Kier molecular flexibility index (Phi) is 4.57. The van der Waals surface area contributed by atoms with Crippen LogP contribution in [0.3, 0.4) is 0 Å². The highest BCUT2D eigenvalue weighted by Gasteiger charge is 2.29. The van der Waals surface area contributed by atoms with E-state index < -0.39 is 6.10 Å². The van der Waals surface area contributed by atoms with E-state index in [1.807, 2.05) is 30.3 Å². The summed E-state index contributed by atoms with van der Waals surface area (Å²) in [6, 6.07) is 12.9. The Balaban J connectivity index is 1.44. The molecular formula is C18H17N5O3. The van der Waals surface area contributed by atoms with Gasteiger partial charge in [0.15, 0.2) is 0 Å². The van der Waals surface area contributed by atoms with Gasteiger partial charge in [-0.05, 0) is 24.3 Å². The lowest BCUT2D eigenvalue weighted by atomic mass is 10.2. The van der Waals surface area contributed by atoms with E-state index in [0.717, 1.165) is 5.56 Å². The number of rotatable bonds is 3. The lowest BCUT2D eigenvalue weighted by Gasteiger charge is -2.31. The second kappa shape index (κ2) is 7.32. The van der Waals surface area contributed by atoms with Crippen molar-refractivity contribution < 1.29 is 14.1 Å². The number of benzene rings is 1. The minimum absolute atomic E-state index is 0.210. The van der Waals surface area contributed by atoms with Gasteiger partial charge in [0.2, 0.25) is 5.82 Å². The summed E-state index contributed by atoms with van der Waals surface area (Å²) in [5.41, 5.74) is 1.49. The number of hydrogen-bond acceptors (Lipinski definition) is 6. The summed E-state index contributed by atoms with van der Waals surface area (Å²) in [5.74, 6) is 0.865. The highest BCUT2D eigenvalue weighted by Crippen LogP contribution is 2.24. The number of anilines is 1. The van der Waals surface area contributed by atoms with E-state index in [-0.39, 0.29) is 6.03 Å². The lowest BCUT2D eigenvalue weighted by Crippen LogP contribution is -2.44. The molecule has 0 unspecified atom stereocenters. The number of ether oxygens (including phenoxy) is 1. The molecule has 8 nitrogen and oxygen atoms in total. The fraction of sp³-hybridized carbons (Fsp3) is 0.222. The molecule has 8 heteroatoms. The Morgan fingerprint density at radius 3 is 2.88 bits per heavy atom. The van der Waals surface area contributed by atoms with Gasteiger partial charge >= 0.3 is 6.03 Å². The number of aromatic nitrogens is 3. The predicted molar refractivity (Wildman–Crippen MR) is 93.3 cm³/mol. The fourth-order valence-electron chi connectivity index (χ4n) is 2.69. The van der Waals surface area contributed by atoms with Gasteiger partial charge < -0.3 is 19.5 Å². The number of morpholine rings is 1. The van der Waals surface area contributed by atoms with Crippen molar-refractivity contribution in [3.05, 3.63) is 60.7 Å². The van der Waals surface area contributed by atoms with Crippen LogP contribution in [-0.4, -0.2) is 45.8 Å². The molecule has 1 aromatic carbocycles. The number of nitrogens with zero attached hydrogens (tertiary/aromatic N) is 4. The SMILES string of the molecule is O=C(Nc1cccnc1)N1CCO[C@H](c2noc(-c3ccccc3)n2)C1. The predicted octanol–water partition coefficient (Wildman–Crippen LogP) is 2.74. The van der Waals surface area contributed by atoms with Crippen LogP contribution < -0.4 is 5.32 Å². The third-order valence-electron chi connectivity index (χ3n) is 4.02. The number of nitrogens with one attached hydrogen (secondary N) is 1. The van der Waals surface area contributed by atoms with Gasteiger partial charge in [-0.15, -0.1) is 0 Å². The minimum atomic E-state index is -0.426. The molecule has 1 atom stereocenters. The molecule has 1 N–H and O–H groups in total. The molecule has 0 aliphatic carbocycles. The highest BCUT2D eigenvalue weighted by atomic mass is 16.5. The topological polar surface area (TPSA) is 93.4 Å². The van der Waals surface area contributed by atoms with E-state index in [2.05, 4.69) is 20.4 Å². The van der Waals surface area contributed by atoms with Gasteiger partial charge in [-0.2, -0.15) is 4.98 Å². The monoisotopic (exact) mass is 351 g/mol. The van der Waals surface area contributed by atoms with Crippen LogP contribution in [0.15, 0.2) is 59.4 Å². The first-order chi connectivity index (χ1) is 12.8. The van der Waals surface area contributed by atoms with Crippen LogP contribution in [0.5, 0.6) is 0 Å². The molecule has 1 fully saturated rings. The first kappa shape index (κ1) is 16.2. The van der Waals surface area contributed by atoms with Crippen LogP contribution in [0, 0.1) is 0 Å². The Bertz CT molecular complexity index is 869. The molecule has 3 heterocycles. The molecule has 0 bridgehead atoms. The number of urea groups is 1. The zero-order valence-corrected chi connectivity index (χ0v) is 13.9. The number of amides is 2. The van der Waals surface area contributed by atoms with E-state index in [1.165, 1.54) is 0 Å². The maximum Gasteiger partial charge on any atom is 0.322 e. The van der Waals surface area contributed by atoms with Crippen LogP contribution in [-0.2, 0) is 4.74 Å². The Morgan fingerprint density at radius 1 is 1.19 bits per heavy atom. The van der Waals surface area contributed by atoms with Crippen LogP contribution >= 0.6 is 0 Å². The molecule has 0 spiro atoms. The normalized spacial score (nSPS) is 17.1. The zero-order valence-electron chi connectivity index (χ0n) is 13.9. The van der Waals surface area contributed by atoms with Gasteiger partial charge in [0.25, 0.3) is 5.89 Å². The molecule has 0 saturated carbocycles. The van der Waals surface area contributed by atoms with Crippen molar-refractivity contribution in [1.29, 1.82) is 0 Å². The van der Waals surface area contributed by atoms with Crippen molar-refractivity contribution in [2.45, 2.75) is 6.10 Å². The summed E-state index contributed by atoms with van der Waals surface area (Å²) in [5, 5.41) is 6.83. The van der Waals surface area contributed by atoms with Crippen molar-refractivity contribution in [2.24, 2.45) is 0 Å². The smallest absolute Gasteiger partial charge is 0.322 e. The quantitative estimate of drug-likeness (QED) is 0.780. The lowest BCUT2D eigenvalue weighted by molar-refractivity contribution is -0.0190. The molecule has 2 amide bonds. The summed E-state index contributed by atoms with van der Waals surface area (Å²) in [4.78, 5) is 22.5. The van der Waals surface area contributed by atoms with Gasteiger partial charge in [0.05, 0.1) is 25.0 Å². The van der Waals surface area contributed by atoms with Crippen LogP contribution in [0.25, 0.3) is 11.5 Å². The van der Waals surface area contributed by atoms with Crippen LogP contribution in [0.1, 0.15) is 11.9 Å². The summed E-state index contributed by atoms with van der Waals surface area (Å²) in [6.07, 6.45) is 2.83. The van der Waals surface area contributed by atoms with E-state index in [1.54, 1.807) is 29.4 Å². The molecule has 2 aromatic heterocycles. The highest BCUT2D eigenvalue weighted by molar-refractivity contribution is 5.89. The third-order valence-corrected chi connectivity index (χ3v) is 4.02. The Labute approximate surface area is 149 Å². The minimum Gasteiger partial charge on any atom is -0.366 e. The van der Waals surface area contributed by atoms with Gasteiger partial charge in [-0.25, -0.2) is 4.79 Å². The number of carbonyl (C=O) groups excluding carboxylic acids is 1. The maximum absolute atomic E-state index is 12.4. The molecule has 3 aromatic rings. The molecule has 132 valence electrons. The van der Waals surface area contributed by atoms with Crippen LogP contribution in [0.2, 0.25) is 0 Å². The standard InChI is InChI=1S/C18H17N5O3/c24-18(20-14-7-4-8-19-11-14)23-9-10-25-15(12-23)16-21-17(26-22-16)13-5-2-1-3-6-13/h1-8,11,15H,9-10,12H2,(H,20,24)/t15-/m0/s1. The second-order valence-corrected chi connectivity index (χ2v) is 5.80. The van der Waals surface area contributed by atoms with Crippen LogP contribution in [0.4, 0.5) is 10.5 Å². The molecule has 0 radical (unpaired) electrons. The molecule has 1 saturated heterocycles. The van der Waals surface area contributed by atoms with Gasteiger partial charge in [0.1, 0.15) is 6.10 Å². The summed E-state index contributed by atoms with van der Waals surface area (Å²) in [7, 11) is 0. The summed E-state index contributed by atoms with van der Waals surface area (Å²) < 4.78 is 11.1. The molecule has 1 aliphatic rings. The molecule has 4 rings (SSSR count). The largest absolute Gasteiger partial charge is 0.366 e. The second-order valence-electron chi connectivity index (χ2n) is 5.80. The van der Waals surface area contributed by atoms with Gasteiger partial charge in [-0.3, -0.25) is 4.98 Å². The molecule has 1 aliphatic heterocycles. The van der Waals surface area contributed by atoms with E-state index >= 15 is 0 Å². The number of hydrogen-bond donors (Lipinski definition) is 1. The van der Waals surface area contributed by atoms with Crippen molar-refractivity contribution in [3.63, 3.8) is 0 Å². The van der Waals surface area contributed by atoms with Crippen molar-refractivity contribution >= 4 is 11.7 Å². The van der Waals surface area contributed by atoms with Crippen molar-refractivity contribution in [3.8, 4) is 11.5 Å². The van der Waals surface area contributed by atoms with E-state index in [9.17, 15) is 4.79 Å². The van der Waals surface area contributed by atoms with E-state index in [4.69, 9.17) is 9.26 Å². The number of pyridine rings is 1. The zero-order chi connectivity index (χ0) is 17.8. The first-order valence-corrected chi connectivity index (χ1v) is 8.26. The van der Waals surface area contributed by atoms with Crippen molar-refractivity contribution in [2.75, 3.05) is 25.0 Å². The van der Waals surface area contributed by atoms with E-state index in [0.29, 0.717) is 37.1 Å². The van der Waals surface area contributed by atoms with Crippen molar-refractivity contribution in [1.82, 2.24) is 20.0 Å². The van der Waals surface area contributed by atoms with Gasteiger partial charge in [0, 0.05) is 18.3 Å². The average Bonchev–Trinajstić information content (AvgIpc) is 3.20. The van der Waals surface area contributed by atoms with Gasteiger partial charge in [-0.1, -0.05) is 23.4 Å². The Morgan fingerprint density at radius 2 is 2.08 bits per heavy atom. The average molecular weight is 351 g/mol.